The minimum Gasteiger partial charge on any atom is -0.380 e. The molecule has 0 aliphatic carbocycles. The van der Waals surface area contributed by atoms with E-state index in [1.807, 2.05) is 6.92 Å². The first-order valence-electron chi connectivity index (χ1n) is 2.19. The molecule has 0 aromatic carbocycles. The number of halogens is 2. The van der Waals surface area contributed by atoms with Gasteiger partial charge >= 0.3 is 0 Å². The fraction of sp³-hybridized carbons (Fsp3) is 1.00. The smallest absolute Gasteiger partial charge is 0.0588 e. The molecule has 0 saturated heterocycles. The first-order chi connectivity index (χ1) is 2.91. The van der Waals surface area contributed by atoms with Crippen LogP contribution in [0.4, 0.5) is 0 Å². The molecule has 0 aliphatic rings. The van der Waals surface area contributed by atoms with Gasteiger partial charge in [-0.25, -0.2) is 0 Å². The van der Waals surface area contributed by atoms with Crippen molar-refractivity contribution >= 4 is 24.8 Å². The minimum atomic E-state index is 0. The van der Waals surface area contributed by atoms with Crippen molar-refractivity contribution in [2.45, 2.75) is 6.92 Å². The van der Waals surface area contributed by atoms with Crippen LogP contribution in [0.25, 0.3) is 0 Å². The highest BCUT2D eigenvalue weighted by Gasteiger charge is 1.72. The maximum absolute atomic E-state index is 5.09. The summed E-state index contributed by atoms with van der Waals surface area (Å²) in [6, 6.07) is 0. The van der Waals surface area contributed by atoms with Gasteiger partial charge in [0, 0.05) is 13.2 Å². The molecule has 0 aliphatic heterocycles. The summed E-state index contributed by atoms with van der Waals surface area (Å²) in [5, 5.41) is 0. The summed E-state index contributed by atoms with van der Waals surface area (Å²) >= 11 is 0. The normalized spacial score (nSPS) is 6.75. The van der Waals surface area contributed by atoms with Crippen molar-refractivity contribution in [1.29, 1.82) is 0 Å². The molecule has 0 radical (unpaired) electrons. The van der Waals surface area contributed by atoms with Crippen LogP contribution in [0.5, 0.6) is 0 Å². The van der Waals surface area contributed by atoms with E-state index < -0.39 is 0 Å². The summed E-state index contributed by atoms with van der Waals surface area (Å²) in [5.41, 5.74) is 5.09. The number of nitrogens with two attached hydrogens (primary N) is 1. The van der Waals surface area contributed by atoms with E-state index in [-0.39, 0.29) is 24.8 Å². The van der Waals surface area contributed by atoms with Gasteiger partial charge in [0.1, 0.15) is 0 Å². The van der Waals surface area contributed by atoms with Crippen LogP contribution in [-0.2, 0) is 4.74 Å². The lowest BCUT2D eigenvalue weighted by molar-refractivity contribution is 0.155. The van der Waals surface area contributed by atoms with E-state index >= 15 is 0 Å². The average Bonchev–Trinajstić information content (AvgIpc) is 1.61. The molecule has 2 nitrogen and oxygen atoms in total. The first kappa shape index (κ1) is 15.8. The second-order valence-corrected chi connectivity index (χ2v) is 0.986. The Balaban J connectivity index is -0.000000125. The average molecular weight is 162 g/mol. The standard InChI is InChI=1S/C4H11NO.2ClH/c1-2-6-4-3-5;;/h2-5H2,1H3;2*1H. The molecule has 4 heteroatoms. The van der Waals surface area contributed by atoms with Crippen molar-refractivity contribution in [3.05, 3.63) is 0 Å². The Kier molecular flexibility index (Phi) is 30.9. The summed E-state index contributed by atoms with van der Waals surface area (Å²) in [6.07, 6.45) is 0. The number of hydrogen-bond donors (Lipinski definition) is 1. The Morgan fingerprint density at radius 1 is 1.38 bits per heavy atom. The van der Waals surface area contributed by atoms with E-state index in [1.165, 1.54) is 0 Å². The van der Waals surface area contributed by atoms with Gasteiger partial charge in [-0.1, -0.05) is 0 Å². The van der Waals surface area contributed by atoms with Crippen molar-refractivity contribution in [3.8, 4) is 0 Å². The van der Waals surface area contributed by atoms with Crippen LogP contribution in [0.15, 0.2) is 0 Å². The van der Waals surface area contributed by atoms with Crippen LogP contribution < -0.4 is 5.73 Å². The summed E-state index contributed by atoms with van der Waals surface area (Å²) in [6.45, 7) is 4.05. The molecule has 0 bridgehead atoms. The van der Waals surface area contributed by atoms with Crippen molar-refractivity contribution in [2.75, 3.05) is 19.8 Å². The Labute approximate surface area is 62.6 Å². The van der Waals surface area contributed by atoms with E-state index in [4.69, 9.17) is 10.5 Å². The lowest BCUT2D eigenvalue weighted by Crippen LogP contribution is -2.07. The fourth-order valence-electron chi connectivity index (χ4n) is 0.228. The van der Waals surface area contributed by atoms with Crippen molar-refractivity contribution < 1.29 is 4.74 Å². The molecule has 0 aromatic heterocycles. The Hall–Kier alpha value is 0.500. The molecule has 0 rings (SSSR count). The topological polar surface area (TPSA) is 35.2 Å². The summed E-state index contributed by atoms with van der Waals surface area (Å²) < 4.78 is 4.86. The predicted octanol–water partition coefficient (Wildman–Crippen LogP) is 0.825. The third-order valence-electron chi connectivity index (χ3n) is 0.466. The maximum Gasteiger partial charge on any atom is 0.0588 e. The molecule has 0 heterocycles. The maximum atomic E-state index is 5.09. The lowest BCUT2D eigenvalue weighted by Gasteiger charge is -1.91. The van der Waals surface area contributed by atoms with Crippen LogP contribution in [0.2, 0.25) is 0 Å². The van der Waals surface area contributed by atoms with Gasteiger partial charge in [-0.3, -0.25) is 0 Å². The van der Waals surface area contributed by atoms with Crippen LogP contribution in [0, 0.1) is 0 Å². The van der Waals surface area contributed by atoms with E-state index in [9.17, 15) is 0 Å². The highest BCUT2D eigenvalue weighted by Crippen LogP contribution is 1.64. The van der Waals surface area contributed by atoms with Crippen LogP contribution in [0.1, 0.15) is 6.92 Å². The second kappa shape index (κ2) is 15.6. The van der Waals surface area contributed by atoms with Gasteiger partial charge in [0.2, 0.25) is 0 Å². The zero-order valence-electron chi connectivity index (χ0n) is 4.92. The molecule has 2 N–H and O–H groups in total. The second-order valence-electron chi connectivity index (χ2n) is 0.986. The van der Waals surface area contributed by atoms with Gasteiger partial charge in [0.25, 0.3) is 0 Å². The molecular formula is C4H13Cl2NO. The Morgan fingerprint density at radius 3 is 2.00 bits per heavy atom. The summed E-state index contributed by atoms with van der Waals surface area (Å²) in [7, 11) is 0. The molecular weight excluding hydrogens is 149 g/mol. The fourth-order valence-corrected chi connectivity index (χ4v) is 0.228. The first-order valence-corrected chi connectivity index (χ1v) is 2.19. The van der Waals surface area contributed by atoms with Gasteiger partial charge in [-0.15, -0.1) is 24.8 Å². The molecule has 0 aromatic rings. The molecule has 0 amide bonds. The minimum absolute atomic E-state index is 0. The van der Waals surface area contributed by atoms with E-state index in [1.54, 1.807) is 0 Å². The zero-order chi connectivity index (χ0) is 4.83. The zero-order valence-corrected chi connectivity index (χ0v) is 6.56. The lowest BCUT2D eigenvalue weighted by atomic mass is 10.7. The van der Waals surface area contributed by atoms with Gasteiger partial charge < -0.3 is 10.5 Å². The Bertz CT molecular complexity index is 26.0. The van der Waals surface area contributed by atoms with Crippen LogP contribution in [0.3, 0.4) is 0 Å². The monoisotopic (exact) mass is 161 g/mol. The third-order valence-corrected chi connectivity index (χ3v) is 0.466. The quantitative estimate of drug-likeness (QED) is 0.623. The highest BCUT2D eigenvalue weighted by molar-refractivity contribution is 5.85. The molecule has 0 atom stereocenters. The predicted molar refractivity (Wildman–Crippen MR) is 40.0 cm³/mol. The molecule has 0 spiro atoms. The van der Waals surface area contributed by atoms with Crippen LogP contribution in [-0.4, -0.2) is 19.8 Å². The molecule has 0 unspecified atom stereocenters. The number of hydrogen-bond acceptors (Lipinski definition) is 2. The van der Waals surface area contributed by atoms with Crippen molar-refractivity contribution in [3.63, 3.8) is 0 Å². The SMILES string of the molecule is CCOCCN.Cl.Cl. The van der Waals surface area contributed by atoms with E-state index in [0.29, 0.717) is 13.2 Å². The number of ether oxygens (including phenoxy) is 1. The van der Waals surface area contributed by atoms with Crippen LogP contribution >= 0.6 is 24.8 Å². The van der Waals surface area contributed by atoms with E-state index in [0.717, 1.165) is 6.61 Å². The largest absolute Gasteiger partial charge is 0.380 e. The number of rotatable bonds is 3. The third kappa shape index (κ3) is 16.1. The van der Waals surface area contributed by atoms with Gasteiger partial charge in [0.05, 0.1) is 6.61 Å². The highest BCUT2D eigenvalue weighted by atomic mass is 35.5. The Morgan fingerprint density at radius 2 is 1.88 bits per heavy atom. The molecule has 54 valence electrons. The van der Waals surface area contributed by atoms with E-state index in [2.05, 4.69) is 0 Å². The molecule has 0 saturated carbocycles. The van der Waals surface area contributed by atoms with Gasteiger partial charge in [0.15, 0.2) is 0 Å². The van der Waals surface area contributed by atoms with Crippen molar-refractivity contribution in [2.24, 2.45) is 5.73 Å². The van der Waals surface area contributed by atoms with Crippen molar-refractivity contribution in [1.82, 2.24) is 0 Å². The summed E-state index contributed by atoms with van der Waals surface area (Å²) in [4.78, 5) is 0. The molecule has 0 fully saturated rings. The molecule has 8 heavy (non-hydrogen) atoms. The van der Waals surface area contributed by atoms with Gasteiger partial charge in [-0.2, -0.15) is 0 Å². The summed E-state index contributed by atoms with van der Waals surface area (Å²) in [5.74, 6) is 0. The van der Waals surface area contributed by atoms with Gasteiger partial charge in [-0.05, 0) is 6.92 Å².